The monoisotopic (exact) mass is 575 g/mol. The molecule has 8 rings (SSSR count). The van der Waals surface area contributed by atoms with Gasteiger partial charge in [0.1, 0.15) is 5.82 Å². The number of imide groups is 1. The van der Waals surface area contributed by atoms with E-state index in [0.717, 1.165) is 22.3 Å². The van der Waals surface area contributed by atoms with Gasteiger partial charge in [-0.05, 0) is 57.7 Å². The van der Waals surface area contributed by atoms with E-state index in [-0.39, 0.29) is 11.5 Å². The number of halogens is 1. The maximum atomic E-state index is 15.8. The summed E-state index contributed by atoms with van der Waals surface area (Å²) in [5.41, 5.74) is 1.83. The number of ketones is 1. The molecule has 1 heterocycles. The Morgan fingerprint density at radius 3 is 1.23 bits per heavy atom. The van der Waals surface area contributed by atoms with E-state index in [1.807, 2.05) is 121 Å². The molecule has 4 atom stereocenters. The van der Waals surface area contributed by atoms with Gasteiger partial charge in [-0.1, -0.05) is 121 Å². The maximum absolute atomic E-state index is 15.8. The Balaban J connectivity index is 1.55. The number of hydrogen-bond donors (Lipinski definition) is 0. The van der Waals surface area contributed by atoms with Gasteiger partial charge in [-0.2, -0.15) is 0 Å². The second kappa shape index (κ2) is 9.55. The minimum atomic E-state index is -1.46. The van der Waals surface area contributed by atoms with Crippen molar-refractivity contribution in [1.82, 2.24) is 0 Å². The molecule has 2 amide bonds. The van der Waals surface area contributed by atoms with Crippen molar-refractivity contribution in [2.24, 2.45) is 11.8 Å². The van der Waals surface area contributed by atoms with Crippen LogP contribution in [0.4, 0.5) is 10.1 Å². The normalized spacial score (nSPS) is 25.6. The molecule has 0 aromatic heterocycles. The summed E-state index contributed by atoms with van der Waals surface area (Å²) in [6.07, 6.45) is 0. The quantitative estimate of drug-likeness (QED) is 0.212. The smallest absolute Gasteiger partial charge is 0.239 e. The van der Waals surface area contributed by atoms with Gasteiger partial charge >= 0.3 is 0 Å². The molecule has 2 bridgehead atoms. The van der Waals surface area contributed by atoms with Crippen LogP contribution in [0, 0.1) is 17.7 Å². The van der Waals surface area contributed by atoms with E-state index in [2.05, 4.69) is 0 Å². The fourth-order valence-electron chi connectivity index (χ4n) is 8.18. The molecule has 1 saturated carbocycles. The van der Waals surface area contributed by atoms with Crippen LogP contribution in [0.15, 0.2) is 146 Å². The molecule has 0 unspecified atom stereocenters. The van der Waals surface area contributed by atoms with Gasteiger partial charge in [0.2, 0.25) is 11.8 Å². The predicted molar refractivity (Wildman–Crippen MR) is 167 cm³/mol. The number of nitrogens with zero attached hydrogens (tertiary/aromatic N) is 1. The third-order valence-electron chi connectivity index (χ3n) is 9.66. The fraction of sp³-hybridized carbons (Fsp3) is 0.103. The lowest BCUT2D eigenvalue weighted by Gasteiger charge is -2.39. The molecular weight excluding hydrogens is 549 g/mol. The molecular formula is C39H26FNO3. The summed E-state index contributed by atoms with van der Waals surface area (Å²) in [5, 5.41) is 0. The highest BCUT2D eigenvalue weighted by Crippen LogP contribution is 2.74. The number of carbonyl (C=O) groups is 3. The van der Waals surface area contributed by atoms with Crippen LogP contribution >= 0.6 is 0 Å². The van der Waals surface area contributed by atoms with Crippen molar-refractivity contribution in [2.75, 3.05) is 4.90 Å². The first-order chi connectivity index (χ1) is 21.5. The zero-order valence-corrected chi connectivity index (χ0v) is 23.6. The summed E-state index contributed by atoms with van der Waals surface area (Å²) in [4.78, 5) is 46.6. The molecule has 44 heavy (non-hydrogen) atoms. The molecule has 5 aromatic rings. The van der Waals surface area contributed by atoms with E-state index >= 15 is 4.79 Å². The minimum absolute atomic E-state index is 0.171. The highest BCUT2D eigenvalue weighted by Gasteiger charge is 2.82. The Morgan fingerprint density at radius 1 is 0.477 bits per heavy atom. The molecule has 2 aliphatic carbocycles. The SMILES string of the molecule is O=C1[C@@H]2[C@H](C(=O)N1c1ccc(F)cc1)[C@@]1(c3ccccc3)C(=O)[C@@]2(c2ccccc2)C(c2ccccc2)=C1c1ccccc1. The summed E-state index contributed by atoms with van der Waals surface area (Å²) in [6, 6.07) is 43.7. The van der Waals surface area contributed by atoms with E-state index in [1.54, 1.807) is 0 Å². The van der Waals surface area contributed by atoms with Gasteiger partial charge in [-0.25, -0.2) is 9.29 Å². The van der Waals surface area contributed by atoms with Crippen molar-refractivity contribution >= 4 is 34.4 Å². The first-order valence-electron chi connectivity index (χ1n) is 14.7. The Morgan fingerprint density at radius 2 is 0.841 bits per heavy atom. The predicted octanol–water partition coefficient (Wildman–Crippen LogP) is 7.01. The number of anilines is 1. The number of fused-ring (bicyclic) bond motifs is 5. The van der Waals surface area contributed by atoms with Gasteiger partial charge in [0.25, 0.3) is 0 Å². The van der Waals surface area contributed by atoms with Crippen LogP contribution in [0.5, 0.6) is 0 Å². The Hall–Kier alpha value is -5.42. The van der Waals surface area contributed by atoms with Crippen LogP contribution in [0.1, 0.15) is 22.3 Å². The van der Waals surface area contributed by atoms with Gasteiger partial charge in [0, 0.05) is 0 Å². The number of benzene rings is 5. The second-order valence-electron chi connectivity index (χ2n) is 11.6. The Labute approximate surface area is 254 Å². The average Bonchev–Trinajstić information content (AvgIpc) is 3.59. The van der Waals surface area contributed by atoms with Crippen molar-refractivity contribution in [3.8, 4) is 0 Å². The zero-order valence-electron chi connectivity index (χ0n) is 23.6. The molecule has 1 aliphatic heterocycles. The molecule has 4 nitrogen and oxygen atoms in total. The first kappa shape index (κ1) is 26.2. The van der Waals surface area contributed by atoms with E-state index in [1.165, 1.54) is 29.2 Å². The molecule has 2 fully saturated rings. The van der Waals surface area contributed by atoms with Crippen LogP contribution < -0.4 is 4.90 Å². The van der Waals surface area contributed by atoms with Crippen LogP contribution in [0.3, 0.4) is 0 Å². The molecule has 0 spiro atoms. The van der Waals surface area contributed by atoms with Gasteiger partial charge in [0.05, 0.1) is 28.4 Å². The fourth-order valence-corrected chi connectivity index (χ4v) is 8.18. The summed E-state index contributed by atoms with van der Waals surface area (Å²) in [6.45, 7) is 0. The van der Waals surface area contributed by atoms with Crippen LogP contribution in [-0.4, -0.2) is 17.6 Å². The minimum Gasteiger partial charge on any atom is -0.297 e. The zero-order chi connectivity index (χ0) is 30.1. The first-order valence-corrected chi connectivity index (χ1v) is 14.7. The molecule has 1 saturated heterocycles. The van der Waals surface area contributed by atoms with Crippen molar-refractivity contribution in [3.63, 3.8) is 0 Å². The number of allylic oxidation sites excluding steroid dienone is 2. The maximum Gasteiger partial charge on any atom is 0.239 e. The van der Waals surface area contributed by atoms with Crippen molar-refractivity contribution in [3.05, 3.63) is 174 Å². The Bertz CT molecular complexity index is 1850. The molecule has 5 aromatic carbocycles. The highest BCUT2D eigenvalue weighted by atomic mass is 19.1. The lowest BCUT2D eigenvalue weighted by molar-refractivity contribution is -0.130. The van der Waals surface area contributed by atoms with Gasteiger partial charge < -0.3 is 0 Å². The molecule has 3 aliphatic rings. The van der Waals surface area contributed by atoms with Gasteiger partial charge in [0.15, 0.2) is 5.78 Å². The third-order valence-corrected chi connectivity index (χ3v) is 9.66. The van der Waals surface area contributed by atoms with Crippen LogP contribution in [-0.2, 0) is 25.2 Å². The second-order valence-corrected chi connectivity index (χ2v) is 11.6. The summed E-state index contributed by atoms with van der Waals surface area (Å²) >= 11 is 0. The lowest BCUT2D eigenvalue weighted by Crippen LogP contribution is -2.45. The van der Waals surface area contributed by atoms with Crippen LogP contribution in [0.2, 0.25) is 0 Å². The van der Waals surface area contributed by atoms with Crippen molar-refractivity contribution in [2.45, 2.75) is 10.8 Å². The van der Waals surface area contributed by atoms with Crippen molar-refractivity contribution < 1.29 is 18.8 Å². The number of Topliss-reactive ketones (excluding diaryl/α,β-unsaturated/α-hetero) is 1. The average molecular weight is 576 g/mol. The van der Waals surface area contributed by atoms with Crippen molar-refractivity contribution in [1.29, 1.82) is 0 Å². The van der Waals surface area contributed by atoms with E-state index in [9.17, 15) is 14.0 Å². The molecule has 0 N–H and O–H groups in total. The highest BCUT2D eigenvalue weighted by molar-refractivity contribution is 6.39. The van der Waals surface area contributed by atoms with Crippen LogP contribution in [0.25, 0.3) is 11.1 Å². The molecule has 212 valence electrons. The number of rotatable bonds is 5. The lowest BCUT2D eigenvalue weighted by atomic mass is 9.59. The summed E-state index contributed by atoms with van der Waals surface area (Å²) < 4.78 is 14.0. The van der Waals surface area contributed by atoms with E-state index in [4.69, 9.17) is 0 Å². The number of hydrogen-bond acceptors (Lipinski definition) is 3. The molecule has 0 radical (unpaired) electrons. The van der Waals surface area contributed by atoms with E-state index < -0.39 is 40.3 Å². The Kier molecular flexibility index (Phi) is 5.69. The van der Waals surface area contributed by atoms with Gasteiger partial charge in [-0.15, -0.1) is 0 Å². The third kappa shape index (κ3) is 3.18. The largest absolute Gasteiger partial charge is 0.297 e. The van der Waals surface area contributed by atoms with E-state index in [0.29, 0.717) is 11.1 Å². The topological polar surface area (TPSA) is 54.5 Å². The summed E-state index contributed by atoms with van der Waals surface area (Å²) in [5.74, 6) is -3.58. The standard InChI is InChI=1S/C39H26FNO3/c40-29-21-23-30(24-22-29)41-35(42)33-34(36(41)43)39(28-19-11-4-12-20-28)32(26-15-7-2-8-16-26)31(25-13-5-1-6-14-25)38(33,37(39)44)27-17-9-3-10-18-27/h1-24,33-34H/t33-,34+,38-,39-/m0/s1. The number of carbonyl (C=O) groups excluding carboxylic acids is 3. The van der Waals surface area contributed by atoms with Gasteiger partial charge in [-0.3, -0.25) is 14.4 Å². The molecule has 5 heteroatoms. The number of amides is 2. The summed E-state index contributed by atoms with van der Waals surface area (Å²) in [7, 11) is 0.